The zero-order valence-corrected chi connectivity index (χ0v) is 15.5. The predicted octanol–water partition coefficient (Wildman–Crippen LogP) is 3.32. The van der Waals surface area contributed by atoms with Gasteiger partial charge in [-0.15, -0.1) is 0 Å². The second kappa shape index (κ2) is 8.01. The van der Waals surface area contributed by atoms with Crippen molar-refractivity contribution in [2.75, 3.05) is 18.5 Å². The number of nitrogens with zero attached hydrogens (tertiary/aromatic N) is 3. The summed E-state index contributed by atoms with van der Waals surface area (Å²) in [6.45, 7) is 0.242. The minimum Gasteiger partial charge on any atom is -0.388 e. The Balaban J connectivity index is 1.73. The topological polar surface area (TPSA) is 78.4 Å². The number of amides is 1. The molecule has 2 aromatic rings. The van der Waals surface area contributed by atoms with Crippen molar-refractivity contribution in [3.05, 3.63) is 47.4 Å². The third kappa shape index (κ3) is 4.31. The summed E-state index contributed by atoms with van der Waals surface area (Å²) >= 11 is 6.23. The van der Waals surface area contributed by atoms with Crippen molar-refractivity contribution in [3.63, 3.8) is 0 Å². The molecule has 3 rings (SSSR count). The fraction of sp³-hybridized carbons (Fsp3) is 0.421. The Morgan fingerprint density at radius 3 is 2.77 bits per heavy atom. The van der Waals surface area contributed by atoms with Crippen LogP contribution < -0.4 is 10.2 Å². The summed E-state index contributed by atoms with van der Waals surface area (Å²) in [5, 5.41) is 13.8. The van der Waals surface area contributed by atoms with Crippen LogP contribution in [0.2, 0.25) is 5.02 Å². The Morgan fingerprint density at radius 2 is 2.08 bits per heavy atom. The van der Waals surface area contributed by atoms with Crippen molar-refractivity contribution in [3.8, 4) is 0 Å². The van der Waals surface area contributed by atoms with Crippen LogP contribution in [0.5, 0.6) is 0 Å². The lowest BCUT2D eigenvalue weighted by molar-refractivity contribution is 0.00526. The molecule has 0 radical (unpaired) electrons. The van der Waals surface area contributed by atoms with Crippen molar-refractivity contribution in [2.45, 2.75) is 37.7 Å². The summed E-state index contributed by atoms with van der Waals surface area (Å²) in [5.74, 6) is 0.376. The first-order valence-electron chi connectivity index (χ1n) is 8.78. The summed E-state index contributed by atoms with van der Waals surface area (Å²) in [5.41, 5.74) is 0.338. The van der Waals surface area contributed by atoms with Gasteiger partial charge in [-0.2, -0.15) is 0 Å². The van der Waals surface area contributed by atoms with Gasteiger partial charge in [0.25, 0.3) is 5.91 Å². The molecule has 0 aliphatic heterocycles. The van der Waals surface area contributed by atoms with Crippen LogP contribution in [0.3, 0.4) is 0 Å². The summed E-state index contributed by atoms with van der Waals surface area (Å²) in [4.78, 5) is 22.8. The number of hydrogen-bond donors (Lipinski definition) is 2. The Bertz CT molecular complexity index is 763. The largest absolute Gasteiger partial charge is 0.388 e. The fourth-order valence-corrected chi connectivity index (χ4v) is 3.42. The molecule has 0 atom stereocenters. The molecule has 1 saturated carbocycles. The molecule has 0 spiro atoms. The van der Waals surface area contributed by atoms with E-state index >= 15 is 0 Å². The van der Waals surface area contributed by atoms with Crippen LogP contribution in [0, 0.1) is 0 Å². The van der Waals surface area contributed by atoms with Crippen LogP contribution in [0.15, 0.2) is 36.8 Å². The molecule has 138 valence electrons. The number of halogens is 1. The zero-order valence-electron chi connectivity index (χ0n) is 14.8. The summed E-state index contributed by atoms with van der Waals surface area (Å²) in [6.07, 6.45) is 9.42. The maximum Gasteiger partial charge on any atom is 0.252 e. The molecular formula is C19H23ClN4O2. The monoisotopic (exact) mass is 374 g/mol. The highest BCUT2D eigenvalue weighted by atomic mass is 35.5. The van der Waals surface area contributed by atoms with Crippen molar-refractivity contribution in [1.29, 1.82) is 0 Å². The van der Waals surface area contributed by atoms with E-state index in [2.05, 4.69) is 15.3 Å². The zero-order chi connectivity index (χ0) is 18.6. The number of benzene rings is 1. The first-order chi connectivity index (χ1) is 12.5. The van der Waals surface area contributed by atoms with E-state index in [-0.39, 0.29) is 12.5 Å². The van der Waals surface area contributed by atoms with E-state index in [0.29, 0.717) is 16.4 Å². The molecule has 1 heterocycles. The first-order valence-corrected chi connectivity index (χ1v) is 9.16. The van der Waals surface area contributed by atoms with E-state index in [1.54, 1.807) is 30.7 Å². The van der Waals surface area contributed by atoms with E-state index in [4.69, 9.17) is 11.6 Å². The third-order valence-corrected chi connectivity index (χ3v) is 5.17. The number of carbonyl (C=O) groups is 1. The maximum atomic E-state index is 12.6. The minimum atomic E-state index is -0.811. The second-order valence-electron chi connectivity index (χ2n) is 6.75. The fourth-order valence-electron chi connectivity index (χ4n) is 3.22. The number of rotatable bonds is 5. The molecule has 7 heteroatoms. The lowest BCUT2D eigenvalue weighted by atomic mass is 9.85. The summed E-state index contributed by atoms with van der Waals surface area (Å²) in [6, 6.07) is 5.23. The van der Waals surface area contributed by atoms with Crippen LogP contribution >= 0.6 is 11.6 Å². The molecule has 0 unspecified atom stereocenters. The average Bonchev–Trinajstić information content (AvgIpc) is 2.67. The summed E-state index contributed by atoms with van der Waals surface area (Å²) in [7, 11) is 1.85. The van der Waals surface area contributed by atoms with E-state index in [1.807, 2.05) is 18.0 Å². The average molecular weight is 375 g/mol. The first kappa shape index (κ1) is 18.6. The number of carbonyl (C=O) groups excluding carboxylic acids is 1. The van der Waals surface area contributed by atoms with E-state index in [0.717, 1.165) is 37.8 Å². The molecule has 26 heavy (non-hydrogen) atoms. The van der Waals surface area contributed by atoms with Crippen LogP contribution in [-0.2, 0) is 0 Å². The van der Waals surface area contributed by atoms with Crippen LogP contribution in [0.25, 0.3) is 0 Å². The molecule has 1 aliphatic carbocycles. The molecule has 2 N–H and O–H groups in total. The number of anilines is 2. The highest BCUT2D eigenvalue weighted by molar-refractivity contribution is 6.34. The smallest absolute Gasteiger partial charge is 0.252 e. The van der Waals surface area contributed by atoms with Gasteiger partial charge in [0.2, 0.25) is 0 Å². The predicted molar refractivity (Wildman–Crippen MR) is 102 cm³/mol. The Kier molecular flexibility index (Phi) is 5.74. The highest BCUT2D eigenvalue weighted by Gasteiger charge is 2.29. The van der Waals surface area contributed by atoms with Crippen molar-refractivity contribution in [1.82, 2.24) is 15.3 Å². The van der Waals surface area contributed by atoms with E-state index in [9.17, 15) is 9.90 Å². The SMILES string of the molecule is CN(c1ccc(Cl)c(C(=O)NCC2(O)CCCCC2)c1)c1cnccn1. The highest BCUT2D eigenvalue weighted by Crippen LogP contribution is 2.29. The molecule has 1 amide bonds. The molecule has 1 aromatic heterocycles. The van der Waals surface area contributed by atoms with Crippen molar-refractivity contribution < 1.29 is 9.90 Å². The Hall–Kier alpha value is -2.18. The lowest BCUT2D eigenvalue weighted by Crippen LogP contribution is -2.44. The summed E-state index contributed by atoms with van der Waals surface area (Å²) < 4.78 is 0. The van der Waals surface area contributed by atoms with Gasteiger partial charge in [0.05, 0.1) is 22.4 Å². The molecule has 1 aromatic carbocycles. The van der Waals surface area contributed by atoms with Crippen molar-refractivity contribution in [2.24, 2.45) is 0 Å². The van der Waals surface area contributed by atoms with Crippen LogP contribution in [0.1, 0.15) is 42.5 Å². The van der Waals surface area contributed by atoms with Gasteiger partial charge in [0.1, 0.15) is 0 Å². The normalized spacial score (nSPS) is 16.1. The number of aliphatic hydroxyl groups is 1. The molecule has 1 fully saturated rings. The molecular weight excluding hydrogens is 352 g/mol. The number of hydrogen-bond acceptors (Lipinski definition) is 5. The van der Waals surface area contributed by atoms with Gasteiger partial charge in [-0.05, 0) is 31.0 Å². The second-order valence-corrected chi connectivity index (χ2v) is 7.16. The van der Waals surface area contributed by atoms with Gasteiger partial charge in [-0.1, -0.05) is 30.9 Å². The number of aromatic nitrogens is 2. The van der Waals surface area contributed by atoms with Crippen molar-refractivity contribution >= 4 is 29.0 Å². The van der Waals surface area contributed by atoms with Crippen LogP contribution in [-0.4, -0.2) is 40.2 Å². The van der Waals surface area contributed by atoms with Gasteiger partial charge in [-0.25, -0.2) is 4.98 Å². The Labute approximate surface area is 158 Å². The van der Waals surface area contributed by atoms with Gasteiger partial charge < -0.3 is 15.3 Å². The maximum absolute atomic E-state index is 12.6. The van der Waals surface area contributed by atoms with Gasteiger partial charge in [0.15, 0.2) is 5.82 Å². The van der Waals surface area contributed by atoms with Gasteiger partial charge in [-0.3, -0.25) is 9.78 Å². The van der Waals surface area contributed by atoms with Crippen LogP contribution in [0.4, 0.5) is 11.5 Å². The molecule has 6 nitrogen and oxygen atoms in total. The van der Waals surface area contributed by atoms with E-state index in [1.165, 1.54) is 0 Å². The Morgan fingerprint density at radius 1 is 1.31 bits per heavy atom. The molecule has 0 saturated heterocycles. The quantitative estimate of drug-likeness (QED) is 0.839. The van der Waals surface area contributed by atoms with E-state index < -0.39 is 5.60 Å². The third-order valence-electron chi connectivity index (χ3n) is 4.84. The number of nitrogens with one attached hydrogen (secondary N) is 1. The minimum absolute atomic E-state index is 0.242. The standard InChI is InChI=1S/C19H23ClN4O2/c1-24(17-12-21-9-10-22-17)14-5-6-16(20)15(11-14)18(25)23-13-19(26)7-3-2-4-8-19/h5-6,9-12,26H,2-4,7-8,13H2,1H3,(H,23,25). The van der Waals surface area contributed by atoms with Gasteiger partial charge in [0, 0.05) is 31.7 Å². The van der Waals surface area contributed by atoms with Gasteiger partial charge >= 0.3 is 0 Å². The molecule has 1 aliphatic rings. The lowest BCUT2D eigenvalue weighted by Gasteiger charge is -2.32. The molecule has 0 bridgehead atoms.